The van der Waals surface area contributed by atoms with Crippen molar-refractivity contribution in [2.75, 3.05) is 31.5 Å². The summed E-state index contributed by atoms with van der Waals surface area (Å²) in [6.07, 6.45) is 5.64. The Kier molecular flexibility index (Phi) is 5.97. The van der Waals surface area contributed by atoms with E-state index in [0.717, 1.165) is 41.4 Å². The van der Waals surface area contributed by atoms with E-state index in [1.807, 2.05) is 30.3 Å². The Labute approximate surface area is 202 Å². The van der Waals surface area contributed by atoms with Crippen LogP contribution in [0.4, 0.5) is 11.5 Å². The number of amides is 1. The van der Waals surface area contributed by atoms with Crippen LogP contribution >= 0.6 is 11.6 Å². The van der Waals surface area contributed by atoms with E-state index in [9.17, 15) is 4.79 Å². The number of aromatic nitrogens is 5. The van der Waals surface area contributed by atoms with Gasteiger partial charge < -0.3 is 15.5 Å². The number of benzene rings is 1. The number of piperazine rings is 1. The highest BCUT2D eigenvalue weighted by Gasteiger charge is 2.22. The van der Waals surface area contributed by atoms with E-state index in [-0.39, 0.29) is 11.8 Å². The fourth-order valence-electron chi connectivity index (χ4n) is 4.28. The molecule has 1 aliphatic rings. The summed E-state index contributed by atoms with van der Waals surface area (Å²) in [4.78, 5) is 24.4. The van der Waals surface area contributed by atoms with Gasteiger partial charge >= 0.3 is 0 Å². The number of rotatable bonds is 5. The largest absolute Gasteiger partial charge is 0.337 e. The number of aromatic amines is 1. The van der Waals surface area contributed by atoms with Crippen LogP contribution in [0, 0.1) is 6.92 Å². The molecule has 1 fully saturated rings. The minimum Gasteiger partial charge on any atom is -0.337 e. The molecule has 0 bridgehead atoms. The van der Waals surface area contributed by atoms with Gasteiger partial charge in [-0.3, -0.25) is 14.3 Å². The SMILES string of the molecule is Cc1cn2c(-c3cn[nH]c3)c(C(C)C)nc2c(Nc2ccc(C(=O)N3CCNCC3)c(Cl)c2)n1. The lowest BCUT2D eigenvalue weighted by atomic mass is 10.1. The molecule has 10 heteroatoms. The first-order valence-corrected chi connectivity index (χ1v) is 11.8. The van der Waals surface area contributed by atoms with Gasteiger partial charge in [0.1, 0.15) is 0 Å². The molecule has 0 radical (unpaired) electrons. The molecular formula is C24H27ClN8O. The van der Waals surface area contributed by atoms with Crippen LogP contribution in [0.25, 0.3) is 16.9 Å². The number of halogens is 1. The third kappa shape index (κ3) is 4.12. The summed E-state index contributed by atoms with van der Waals surface area (Å²) in [6, 6.07) is 5.38. The Hall–Kier alpha value is -3.43. The number of carbonyl (C=O) groups excluding carboxylic acids is 1. The Morgan fingerprint density at radius 3 is 2.68 bits per heavy atom. The first-order valence-electron chi connectivity index (χ1n) is 11.4. The highest BCUT2D eigenvalue weighted by atomic mass is 35.5. The number of hydrogen-bond acceptors (Lipinski definition) is 6. The van der Waals surface area contributed by atoms with Crippen molar-refractivity contribution in [2.24, 2.45) is 0 Å². The fourth-order valence-corrected chi connectivity index (χ4v) is 4.54. The van der Waals surface area contributed by atoms with Crippen LogP contribution in [0.2, 0.25) is 5.02 Å². The van der Waals surface area contributed by atoms with Crippen LogP contribution in [0.5, 0.6) is 0 Å². The van der Waals surface area contributed by atoms with Crippen LogP contribution in [0.1, 0.15) is 41.5 Å². The van der Waals surface area contributed by atoms with Crippen molar-refractivity contribution in [1.29, 1.82) is 0 Å². The molecule has 176 valence electrons. The smallest absolute Gasteiger partial charge is 0.255 e. The zero-order valence-corrected chi connectivity index (χ0v) is 20.1. The van der Waals surface area contributed by atoms with Crippen molar-refractivity contribution in [2.45, 2.75) is 26.7 Å². The van der Waals surface area contributed by atoms with Gasteiger partial charge in [-0.1, -0.05) is 25.4 Å². The summed E-state index contributed by atoms with van der Waals surface area (Å²) in [6.45, 7) is 9.12. The predicted octanol–water partition coefficient (Wildman–Crippen LogP) is 3.99. The van der Waals surface area contributed by atoms with Crippen molar-refractivity contribution < 1.29 is 4.79 Å². The van der Waals surface area contributed by atoms with Gasteiger partial charge in [-0.05, 0) is 31.0 Å². The van der Waals surface area contributed by atoms with E-state index in [1.54, 1.807) is 18.3 Å². The van der Waals surface area contributed by atoms with Gasteiger partial charge in [0.05, 0.1) is 33.9 Å². The molecule has 9 nitrogen and oxygen atoms in total. The molecule has 5 rings (SSSR count). The first kappa shape index (κ1) is 22.4. The van der Waals surface area contributed by atoms with E-state index in [0.29, 0.717) is 35.1 Å². The molecule has 1 saturated heterocycles. The number of H-pyrrole nitrogens is 1. The quantitative estimate of drug-likeness (QED) is 0.400. The number of nitrogens with one attached hydrogen (secondary N) is 3. The Morgan fingerprint density at radius 1 is 1.21 bits per heavy atom. The molecule has 3 aromatic heterocycles. The molecule has 1 aliphatic heterocycles. The summed E-state index contributed by atoms with van der Waals surface area (Å²) in [5.41, 5.74) is 5.70. The zero-order valence-electron chi connectivity index (χ0n) is 19.4. The van der Waals surface area contributed by atoms with Crippen molar-refractivity contribution >= 4 is 34.7 Å². The Balaban J connectivity index is 1.51. The normalized spacial score (nSPS) is 14.2. The zero-order chi connectivity index (χ0) is 23.8. The molecule has 0 aliphatic carbocycles. The maximum atomic E-state index is 12.9. The monoisotopic (exact) mass is 478 g/mol. The molecule has 4 heterocycles. The summed E-state index contributed by atoms with van der Waals surface area (Å²) in [5, 5.41) is 14.0. The summed E-state index contributed by atoms with van der Waals surface area (Å²) in [5.74, 6) is 0.783. The van der Waals surface area contributed by atoms with Gasteiger partial charge in [0.25, 0.3) is 5.91 Å². The number of nitrogens with zero attached hydrogens (tertiary/aromatic N) is 5. The van der Waals surface area contributed by atoms with Crippen molar-refractivity contribution in [3.8, 4) is 11.3 Å². The minimum absolute atomic E-state index is 0.0475. The number of carbonyl (C=O) groups is 1. The van der Waals surface area contributed by atoms with Gasteiger partial charge in [-0.25, -0.2) is 9.97 Å². The second kappa shape index (κ2) is 9.08. The average Bonchev–Trinajstić information content (AvgIpc) is 3.47. The second-order valence-corrected chi connectivity index (χ2v) is 9.18. The van der Waals surface area contributed by atoms with E-state index < -0.39 is 0 Å². The molecule has 34 heavy (non-hydrogen) atoms. The third-order valence-electron chi connectivity index (χ3n) is 5.94. The Morgan fingerprint density at radius 2 is 2.00 bits per heavy atom. The summed E-state index contributed by atoms with van der Waals surface area (Å²) < 4.78 is 2.05. The van der Waals surface area contributed by atoms with Crippen LogP contribution in [-0.4, -0.2) is 61.6 Å². The number of imidazole rings is 1. The molecule has 1 amide bonds. The number of aryl methyl sites for hydroxylation is 1. The first-order chi connectivity index (χ1) is 16.4. The van der Waals surface area contributed by atoms with Gasteiger partial charge in [0.2, 0.25) is 0 Å². The lowest BCUT2D eigenvalue weighted by Crippen LogP contribution is -2.46. The molecule has 0 atom stereocenters. The molecular weight excluding hydrogens is 452 g/mol. The summed E-state index contributed by atoms with van der Waals surface area (Å²) >= 11 is 6.54. The van der Waals surface area contributed by atoms with Gasteiger partial charge in [0.15, 0.2) is 11.5 Å². The van der Waals surface area contributed by atoms with Gasteiger partial charge in [0, 0.05) is 49.8 Å². The molecule has 0 spiro atoms. The minimum atomic E-state index is -0.0475. The molecule has 0 saturated carbocycles. The summed E-state index contributed by atoms with van der Waals surface area (Å²) in [7, 11) is 0. The maximum Gasteiger partial charge on any atom is 0.255 e. The van der Waals surface area contributed by atoms with Gasteiger partial charge in [-0.15, -0.1) is 0 Å². The molecule has 1 aromatic carbocycles. The van der Waals surface area contributed by atoms with Crippen LogP contribution < -0.4 is 10.6 Å². The number of fused-ring (bicyclic) bond motifs is 1. The predicted molar refractivity (Wildman–Crippen MR) is 133 cm³/mol. The van der Waals surface area contributed by atoms with E-state index >= 15 is 0 Å². The molecule has 4 aromatic rings. The molecule has 3 N–H and O–H groups in total. The number of hydrogen-bond donors (Lipinski definition) is 3. The fraction of sp³-hybridized carbons (Fsp3) is 0.333. The van der Waals surface area contributed by atoms with Crippen LogP contribution in [0.3, 0.4) is 0 Å². The van der Waals surface area contributed by atoms with Gasteiger partial charge in [-0.2, -0.15) is 5.10 Å². The van der Waals surface area contributed by atoms with E-state index in [4.69, 9.17) is 21.6 Å². The standard InChI is InChI=1S/C24H27ClN8O/c1-14(2)20-21(16-11-27-28-12-16)33-13-15(3)29-22(23(33)31-20)30-17-4-5-18(19(25)10-17)24(34)32-8-6-26-7-9-32/h4-5,10-14,26H,6-9H2,1-3H3,(H,27,28)(H,29,30). The maximum absolute atomic E-state index is 12.9. The van der Waals surface area contributed by atoms with Crippen LogP contribution in [0.15, 0.2) is 36.8 Å². The number of anilines is 2. The van der Waals surface area contributed by atoms with E-state index in [1.165, 1.54) is 0 Å². The van der Waals surface area contributed by atoms with E-state index in [2.05, 4.69) is 39.1 Å². The second-order valence-electron chi connectivity index (χ2n) is 8.77. The lowest BCUT2D eigenvalue weighted by molar-refractivity contribution is 0.0736. The van der Waals surface area contributed by atoms with Crippen molar-refractivity contribution in [1.82, 2.24) is 34.8 Å². The van der Waals surface area contributed by atoms with Crippen molar-refractivity contribution in [3.05, 3.63) is 58.8 Å². The highest BCUT2D eigenvalue weighted by Crippen LogP contribution is 2.33. The lowest BCUT2D eigenvalue weighted by Gasteiger charge is -2.27. The highest BCUT2D eigenvalue weighted by molar-refractivity contribution is 6.34. The Bertz CT molecular complexity index is 1340. The average molecular weight is 479 g/mol. The third-order valence-corrected chi connectivity index (χ3v) is 6.25. The van der Waals surface area contributed by atoms with Crippen LogP contribution in [-0.2, 0) is 0 Å². The topological polar surface area (TPSA) is 103 Å². The van der Waals surface area contributed by atoms with Crippen molar-refractivity contribution in [3.63, 3.8) is 0 Å². The molecule has 0 unspecified atom stereocenters.